The fraction of sp³-hybridized carbons (Fsp3) is 0.300. The monoisotopic (exact) mass is 386 g/mol. The molecule has 0 unspecified atom stereocenters. The van der Waals surface area contributed by atoms with Gasteiger partial charge < -0.3 is 14.2 Å². The van der Waals surface area contributed by atoms with E-state index in [-0.39, 0.29) is 13.4 Å². The molecule has 4 rings (SSSR count). The number of benzene rings is 2. The van der Waals surface area contributed by atoms with Gasteiger partial charge in [0.2, 0.25) is 0 Å². The Morgan fingerprint density at radius 2 is 2.11 bits per heavy atom. The minimum Gasteiger partial charge on any atom is -0.467 e. The highest BCUT2D eigenvalue weighted by Gasteiger charge is 2.18. The lowest BCUT2D eigenvalue weighted by Crippen LogP contribution is -2.14. The molecule has 0 N–H and O–H groups in total. The Labute approximate surface area is 162 Å². The van der Waals surface area contributed by atoms with Gasteiger partial charge in [-0.15, -0.1) is 0 Å². The highest BCUT2D eigenvalue weighted by molar-refractivity contribution is 6.30. The van der Waals surface area contributed by atoms with Gasteiger partial charge in [-0.1, -0.05) is 11.6 Å². The van der Waals surface area contributed by atoms with E-state index >= 15 is 0 Å². The van der Waals surface area contributed by atoms with Crippen molar-refractivity contribution in [2.24, 2.45) is 5.10 Å². The third-order valence-corrected chi connectivity index (χ3v) is 4.71. The maximum absolute atomic E-state index is 12.4. The summed E-state index contributed by atoms with van der Waals surface area (Å²) in [5.74, 6) is 0.277. The van der Waals surface area contributed by atoms with E-state index in [1.165, 1.54) is 0 Å². The smallest absolute Gasteiger partial charge is 0.338 e. The molecule has 0 bridgehead atoms. The van der Waals surface area contributed by atoms with Crippen molar-refractivity contribution in [3.63, 3.8) is 0 Å². The first-order chi connectivity index (χ1) is 13.1. The first kappa shape index (κ1) is 17.8. The molecule has 0 aliphatic carbocycles. The largest absolute Gasteiger partial charge is 0.467 e. The van der Waals surface area contributed by atoms with E-state index in [0.29, 0.717) is 22.9 Å². The van der Waals surface area contributed by atoms with Crippen LogP contribution in [0.5, 0.6) is 5.75 Å². The zero-order chi connectivity index (χ0) is 18.8. The summed E-state index contributed by atoms with van der Waals surface area (Å²) in [6.07, 6.45) is 0.959. The van der Waals surface area contributed by atoms with Gasteiger partial charge in [0.25, 0.3) is 0 Å². The van der Waals surface area contributed by atoms with Crippen LogP contribution in [0.4, 0.5) is 5.69 Å². The molecule has 2 aromatic rings. The Morgan fingerprint density at radius 3 is 2.85 bits per heavy atom. The SMILES string of the molecule is CC1=NN(c2ccc(C(=O)OCc3cc(Cl)cc4c3OCOC4)cc2)CC1. The van der Waals surface area contributed by atoms with Crippen molar-refractivity contribution in [2.75, 3.05) is 18.3 Å². The molecule has 0 aromatic heterocycles. The van der Waals surface area contributed by atoms with E-state index < -0.39 is 5.97 Å². The van der Waals surface area contributed by atoms with E-state index in [2.05, 4.69) is 5.10 Å². The highest BCUT2D eigenvalue weighted by Crippen LogP contribution is 2.32. The van der Waals surface area contributed by atoms with Crippen LogP contribution in [0.1, 0.15) is 34.8 Å². The van der Waals surface area contributed by atoms with E-state index in [9.17, 15) is 4.79 Å². The second-order valence-electron chi connectivity index (χ2n) is 6.50. The molecule has 2 aromatic carbocycles. The average Bonchev–Trinajstić information content (AvgIpc) is 3.12. The van der Waals surface area contributed by atoms with Crippen molar-refractivity contribution >= 4 is 29.0 Å². The Morgan fingerprint density at radius 1 is 1.30 bits per heavy atom. The minimum atomic E-state index is -0.400. The number of hydrogen-bond acceptors (Lipinski definition) is 6. The number of carbonyl (C=O) groups excluding carboxylic acids is 1. The van der Waals surface area contributed by atoms with Crippen LogP contribution in [0.3, 0.4) is 0 Å². The molecule has 27 heavy (non-hydrogen) atoms. The van der Waals surface area contributed by atoms with Gasteiger partial charge in [0.15, 0.2) is 6.79 Å². The molecule has 7 heteroatoms. The average molecular weight is 387 g/mol. The topological polar surface area (TPSA) is 60.4 Å². The van der Waals surface area contributed by atoms with E-state index in [1.54, 1.807) is 24.3 Å². The Bertz CT molecular complexity index is 896. The second kappa shape index (κ2) is 7.58. The number of anilines is 1. The zero-order valence-electron chi connectivity index (χ0n) is 14.9. The van der Waals surface area contributed by atoms with Crippen LogP contribution in [0, 0.1) is 0 Å². The number of fused-ring (bicyclic) bond motifs is 1. The Hall–Kier alpha value is -2.57. The third kappa shape index (κ3) is 3.91. The highest BCUT2D eigenvalue weighted by atomic mass is 35.5. The van der Waals surface area contributed by atoms with Gasteiger partial charge in [-0.25, -0.2) is 4.79 Å². The summed E-state index contributed by atoms with van der Waals surface area (Å²) >= 11 is 6.14. The molecule has 140 valence electrons. The number of hydrogen-bond donors (Lipinski definition) is 0. The van der Waals surface area contributed by atoms with Gasteiger partial charge in [-0.3, -0.25) is 5.01 Å². The lowest BCUT2D eigenvalue weighted by Gasteiger charge is -2.21. The predicted octanol–water partition coefficient (Wildman–Crippen LogP) is 4.15. The van der Waals surface area contributed by atoms with Crippen molar-refractivity contribution in [3.05, 3.63) is 58.1 Å². The lowest BCUT2D eigenvalue weighted by molar-refractivity contribution is -0.0180. The van der Waals surface area contributed by atoms with Gasteiger partial charge in [-0.05, 0) is 43.3 Å². The summed E-state index contributed by atoms with van der Waals surface area (Å²) in [6, 6.07) is 10.8. The molecule has 0 radical (unpaired) electrons. The molecule has 0 amide bonds. The van der Waals surface area contributed by atoms with Gasteiger partial charge in [0, 0.05) is 34.8 Å². The maximum atomic E-state index is 12.4. The quantitative estimate of drug-likeness (QED) is 0.739. The van der Waals surface area contributed by atoms with Crippen molar-refractivity contribution < 1.29 is 19.0 Å². The van der Waals surface area contributed by atoms with Crippen molar-refractivity contribution in [2.45, 2.75) is 26.6 Å². The normalized spacial score (nSPS) is 15.8. The van der Waals surface area contributed by atoms with Crippen LogP contribution in [0.15, 0.2) is 41.5 Å². The van der Waals surface area contributed by atoms with Crippen LogP contribution in [-0.4, -0.2) is 25.0 Å². The van der Waals surface area contributed by atoms with Crippen molar-refractivity contribution in [3.8, 4) is 5.75 Å². The summed E-state index contributed by atoms with van der Waals surface area (Å²) in [7, 11) is 0. The number of hydrazone groups is 1. The molecule has 2 aliphatic heterocycles. The van der Waals surface area contributed by atoms with Gasteiger partial charge in [0.1, 0.15) is 12.4 Å². The zero-order valence-corrected chi connectivity index (χ0v) is 15.7. The van der Waals surface area contributed by atoms with Crippen LogP contribution in [0.25, 0.3) is 0 Å². The molecule has 2 aliphatic rings. The van der Waals surface area contributed by atoms with Gasteiger partial charge in [0.05, 0.1) is 17.9 Å². The first-order valence-corrected chi connectivity index (χ1v) is 9.08. The summed E-state index contributed by atoms with van der Waals surface area (Å²) < 4.78 is 16.3. The molecular weight excluding hydrogens is 368 g/mol. The van der Waals surface area contributed by atoms with E-state index in [0.717, 1.165) is 35.5 Å². The molecule has 0 saturated carbocycles. The number of ether oxygens (including phenoxy) is 3. The van der Waals surface area contributed by atoms with Gasteiger partial charge in [-0.2, -0.15) is 5.10 Å². The van der Waals surface area contributed by atoms with E-state index in [4.69, 9.17) is 25.8 Å². The number of carbonyl (C=O) groups is 1. The summed E-state index contributed by atoms with van der Waals surface area (Å²) in [5.41, 5.74) is 4.13. The Balaban J connectivity index is 1.43. The van der Waals surface area contributed by atoms with Crippen LogP contribution in [0.2, 0.25) is 5.02 Å². The number of rotatable bonds is 4. The minimum absolute atomic E-state index is 0.0824. The number of halogens is 1. The second-order valence-corrected chi connectivity index (χ2v) is 6.93. The molecule has 0 saturated heterocycles. The number of nitrogens with zero attached hydrogens (tertiary/aromatic N) is 2. The molecule has 0 atom stereocenters. The molecular formula is C20H19ClN2O4. The van der Waals surface area contributed by atoms with Crippen LogP contribution >= 0.6 is 11.6 Å². The third-order valence-electron chi connectivity index (χ3n) is 4.49. The lowest BCUT2D eigenvalue weighted by atomic mass is 10.1. The van der Waals surface area contributed by atoms with Crippen molar-refractivity contribution in [1.82, 2.24) is 0 Å². The standard InChI is InChI=1S/C20H19ClN2O4/c1-13-6-7-23(22-13)18-4-2-14(3-5-18)20(24)26-11-16-9-17(21)8-15-10-25-12-27-19(15)16/h2-5,8-9H,6-7,10-12H2,1H3. The molecule has 0 spiro atoms. The number of esters is 1. The fourth-order valence-electron chi connectivity index (χ4n) is 3.12. The summed E-state index contributed by atoms with van der Waals surface area (Å²) in [4.78, 5) is 12.4. The van der Waals surface area contributed by atoms with Crippen LogP contribution in [-0.2, 0) is 22.7 Å². The Kier molecular flexibility index (Phi) is 5.01. The van der Waals surface area contributed by atoms with Gasteiger partial charge >= 0.3 is 5.97 Å². The van der Waals surface area contributed by atoms with Crippen molar-refractivity contribution in [1.29, 1.82) is 0 Å². The maximum Gasteiger partial charge on any atom is 0.338 e. The first-order valence-electron chi connectivity index (χ1n) is 8.71. The summed E-state index contributed by atoms with van der Waals surface area (Å²) in [5, 5.41) is 6.94. The molecule has 2 heterocycles. The molecule has 6 nitrogen and oxygen atoms in total. The van der Waals surface area contributed by atoms with Crippen LogP contribution < -0.4 is 9.75 Å². The predicted molar refractivity (Wildman–Crippen MR) is 102 cm³/mol. The molecule has 0 fully saturated rings. The summed E-state index contributed by atoms with van der Waals surface area (Å²) in [6.45, 7) is 3.56. The fourth-order valence-corrected chi connectivity index (χ4v) is 3.38. The van der Waals surface area contributed by atoms with E-state index in [1.807, 2.05) is 24.1 Å².